The fourth-order valence-electron chi connectivity index (χ4n) is 2.40. The summed E-state index contributed by atoms with van der Waals surface area (Å²) in [5.74, 6) is -0.0827. The van der Waals surface area contributed by atoms with Gasteiger partial charge in [-0.25, -0.2) is 0 Å². The molecule has 0 spiro atoms. The maximum Gasteiger partial charge on any atom is 0.286 e. The Kier molecular flexibility index (Phi) is 4.08. The maximum atomic E-state index is 12.3. The van der Waals surface area contributed by atoms with Gasteiger partial charge in [-0.05, 0) is 13.3 Å². The first-order chi connectivity index (χ1) is 11.5. The first-order valence-electron chi connectivity index (χ1n) is 7.05. The van der Waals surface area contributed by atoms with Gasteiger partial charge in [0.2, 0.25) is 0 Å². The fraction of sp³-hybridized carbons (Fsp3) is 0.385. The second kappa shape index (κ2) is 6.20. The van der Waals surface area contributed by atoms with E-state index in [0.29, 0.717) is 18.9 Å². The molecule has 2 aromatic heterocycles. The van der Waals surface area contributed by atoms with Gasteiger partial charge in [-0.1, -0.05) is 5.16 Å². The van der Waals surface area contributed by atoms with E-state index in [4.69, 9.17) is 9.26 Å². The molecule has 11 heteroatoms. The minimum absolute atomic E-state index is 0.225. The quantitative estimate of drug-likeness (QED) is 0.594. The molecule has 0 unspecified atom stereocenters. The van der Waals surface area contributed by atoms with Crippen molar-refractivity contribution in [2.75, 3.05) is 6.61 Å². The molecule has 1 amide bonds. The first kappa shape index (κ1) is 15.8. The SMILES string of the molecule is Cc1noc([C@@H]2OCC[C@@H]2NC(=O)c2cc([N+](=O)[O-])c[nH]c2=O)n1. The van der Waals surface area contributed by atoms with E-state index in [2.05, 4.69) is 20.4 Å². The van der Waals surface area contributed by atoms with Crippen LogP contribution in [0.25, 0.3) is 0 Å². The van der Waals surface area contributed by atoms with Crippen molar-refractivity contribution < 1.29 is 19.0 Å². The average molecular weight is 335 g/mol. The molecule has 0 bridgehead atoms. The van der Waals surface area contributed by atoms with Crippen molar-refractivity contribution in [1.29, 1.82) is 0 Å². The van der Waals surface area contributed by atoms with Gasteiger partial charge >= 0.3 is 0 Å². The van der Waals surface area contributed by atoms with Gasteiger partial charge in [0.25, 0.3) is 23.0 Å². The van der Waals surface area contributed by atoms with Crippen LogP contribution in [0.3, 0.4) is 0 Å². The molecule has 2 atom stereocenters. The summed E-state index contributed by atoms with van der Waals surface area (Å²) in [4.78, 5) is 40.4. The molecule has 0 aromatic carbocycles. The Bertz CT molecular complexity index is 843. The number of nitrogens with one attached hydrogen (secondary N) is 2. The predicted octanol–water partition coefficient (Wildman–Crippen LogP) is 0.235. The van der Waals surface area contributed by atoms with Crippen LogP contribution >= 0.6 is 0 Å². The number of pyridine rings is 1. The van der Waals surface area contributed by atoms with Crippen LogP contribution < -0.4 is 10.9 Å². The van der Waals surface area contributed by atoms with E-state index in [1.807, 2.05) is 0 Å². The number of H-pyrrole nitrogens is 1. The largest absolute Gasteiger partial charge is 0.366 e. The van der Waals surface area contributed by atoms with E-state index in [0.717, 1.165) is 12.3 Å². The third kappa shape index (κ3) is 3.01. The molecule has 126 valence electrons. The number of hydrogen-bond donors (Lipinski definition) is 2. The van der Waals surface area contributed by atoms with Crippen LogP contribution in [0, 0.1) is 17.0 Å². The molecule has 11 nitrogen and oxygen atoms in total. The van der Waals surface area contributed by atoms with Gasteiger partial charge in [0.15, 0.2) is 11.9 Å². The van der Waals surface area contributed by atoms with E-state index < -0.39 is 28.5 Å². The molecular formula is C13H13N5O6. The Hall–Kier alpha value is -3.08. The zero-order chi connectivity index (χ0) is 17.3. The highest BCUT2D eigenvalue weighted by Crippen LogP contribution is 2.28. The summed E-state index contributed by atoms with van der Waals surface area (Å²) in [6, 6.07) is 0.437. The van der Waals surface area contributed by atoms with Crippen LogP contribution in [0.15, 0.2) is 21.6 Å². The molecule has 3 rings (SSSR count). The Morgan fingerprint density at radius 2 is 2.33 bits per heavy atom. The number of aromatic nitrogens is 3. The van der Waals surface area contributed by atoms with Crippen LogP contribution in [-0.4, -0.2) is 38.6 Å². The Morgan fingerprint density at radius 3 is 3.00 bits per heavy atom. The lowest BCUT2D eigenvalue weighted by atomic mass is 10.1. The summed E-state index contributed by atoms with van der Waals surface area (Å²) in [6.45, 7) is 2.01. The normalized spacial score (nSPS) is 20.0. The predicted molar refractivity (Wildman–Crippen MR) is 77.3 cm³/mol. The second-order valence-corrected chi connectivity index (χ2v) is 5.20. The molecule has 0 radical (unpaired) electrons. The number of aryl methyl sites for hydroxylation is 1. The molecule has 1 fully saturated rings. The monoisotopic (exact) mass is 335 g/mol. The highest BCUT2D eigenvalue weighted by atomic mass is 16.6. The smallest absolute Gasteiger partial charge is 0.286 e. The van der Waals surface area contributed by atoms with Crippen LogP contribution in [-0.2, 0) is 4.74 Å². The van der Waals surface area contributed by atoms with E-state index in [1.54, 1.807) is 6.92 Å². The van der Waals surface area contributed by atoms with Gasteiger partial charge in [0, 0.05) is 12.7 Å². The summed E-state index contributed by atoms with van der Waals surface area (Å²) in [7, 11) is 0. The van der Waals surface area contributed by atoms with Gasteiger partial charge < -0.3 is 19.6 Å². The zero-order valence-corrected chi connectivity index (χ0v) is 12.5. The van der Waals surface area contributed by atoms with Crippen molar-refractivity contribution in [1.82, 2.24) is 20.4 Å². The standard InChI is InChI=1S/C13H13N5O6/c1-6-15-13(24-17-6)10-9(2-3-23-10)16-12(20)8-4-7(18(21)22)5-14-11(8)19/h4-5,9-10H,2-3H2,1H3,(H,14,19)(H,16,20)/t9-,10+/m0/s1. The van der Waals surface area contributed by atoms with E-state index in [-0.39, 0.29) is 17.1 Å². The number of hydrogen-bond acceptors (Lipinski definition) is 8. The van der Waals surface area contributed by atoms with Crippen molar-refractivity contribution in [2.24, 2.45) is 0 Å². The average Bonchev–Trinajstić information content (AvgIpc) is 3.16. The van der Waals surface area contributed by atoms with Gasteiger partial charge in [0.1, 0.15) is 5.56 Å². The summed E-state index contributed by atoms with van der Waals surface area (Å²) in [6.07, 6.45) is 0.778. The molecule has 1 aliphatic rings. The highest BCUT2D eigenvalue weighted by molar-refractivity contribution is 5.94. The van der Waals surface area contributed by atoms with E-state index in [1.165, 1.54) is 0 Å². The van der Waals surface area contributed by atoms with E-state index >= 15 is 0 Å². The zero-order valence-electron chi connectivity index (χ0n) is 12.5. The minimum Gasteiger partial charge on any atom is -0.366 e. The number of carbonyl (C=O) groups is 1. The van der Waals surface area contributed by atoms with Crippen LogP contribution in [0.2, 0.25) is 0 Å². The number of nitro groups is 1. The highest BCUT2D eigenvalue weighted by Gasteiger charge is 2.35. The van der Waals surface area contributed by atoms with Crippen molar-refractivity contribution in [3.05, 3.63) is 50.0 Å². The number of amides is 1. The Morgan fingerprint density at radius 1 is 1.54 bits per heavy atom. The number of rotatable bonds is 4. The van der Waals surface area contributed by atoms with Gasteiger partial charge in [0.05, 0.1) is 17.2 Å². The topological polar surface area (TPSA) is 153 Å². The first-order valence-corrected chi connectivity index (χ1v) is 7.05. The van der Waals surface area contributed by atoms with Gasteiger partial charge in [-0.15, -0.1) is 0 Å². The Labute approximate surface area is 134 Å². The van der Waals surface area contributed by atoms with Crippen LogP contribution in [0.4, 0.5) is 5.69 Å². The summed E-state index contributed by atoms with van der Waals surface area (Å²) in [5.41, 5.74) is -1.45. The maximum absolute atomic E-state index is 12.3. The van der Waals surface area contributed by atoms with Crippen molar-refractivity contribution in [3.63, 3.8) is 0 Å². The van der Waals surface area contributed by atoms with Crippen molar-refractivity contribution in [3.8, 4) is 0 Å². The van der Waals surface area contributed by atoms with Crippen molar-refractivity contribution in [2.45, 2.75) is 25.5 Å². The fourth-order valence-corrected chi connectivity index (χ4v) is 2.40. The molecule has 0 saturated carbocycles. The summed E-state index contributed by atoms with van der Waals surface area (Å²) in [5, 5.41) is 17.1. The Balaban J connectivity index is 1.80. The lowest BCUT2D eigenvalue weighted by molar-refractivity contribution is -0.385. The van der Waals surface area contributed by atoms with Crippen LogP contribution in [0.1, 0.15) is 34.6 Å². The summed E-state index contributed by atoms with van der Waals surface area (Å²) >= 11 is 0. The minimum atomic E-state index is -0.739. The number of carbonyl (C=O) groups excluding carboxylic acids is 1. The van der Waals surface area contributed by atoms with Gasteiger partial charge in [-0.3, -0.25) is 19.7 Å². The molecule has 2 N–H and O–H groups in total. The number of nitrogens with zero attached hydrogens (tertiary/aromatic N) is 3. The summed E-state index contributed by atoms with van der Waals surface area (Å²) < 4.78 is 10.5. The molecule has 3 heterocycles. The third-order valence-electron chi connectivity index (χ3n) is 3.54. The lowest BCUT2D eigenvalue weighted by Gasteiger charge is -2.16. The van der Waals surface area contributed by atoms with Crippen LogP contribution in [0.5, 0.6) is 0 Å². The molecule has 0 aliphatic carbocycles. The second-order valence-electron chi connectivity index (χ2n) is 5.20. The van der Waals surface area contributed by atoms with E-state index in [9.17, 15) is 19.7 Å². The molecular weight excluding hydrogens is 322 g/mol. The molecule has 2 aromatic rings. The lowest BCUT2D eigenvalue weighted by Crippen LogP contribution is -2.39. The van der Waals surface area contributed by atoms with Gasteiger partial charge in [-0.2, -0.15) is 4.98 Å². The van der Waals surface area contributed by atoms with Crippen molar-refractivity contribution >= 4 is 11.6 Å². The molecule has 24 heavy (non-hydrogen) atoms. The molecule has 1 aliphatic heterocycles. The third-order valence-corrected chi connectivity index (χ3v) is 3.54. The number of aromatic amines is 1. The molecule has 1 saturated heterocycles. The number of ether oxygens (including phenoxy) is 1.